The summed E-state index contributed by atoms with van der Waals surface area (Å²) in [5.41, 5.74) is 0. The van der Waals surface area contributed by atoms with Crippen molar-refractivity contribution in [3.8, 4) is 0 Å². The Morgan fingerprint density at radius 1 is 1.33 bits per heavy atom. The van der Waals surface area contributed by atoms with Crippen LogP contribution in [0.5, 0.6) is 0 Å². The average Bonchev–Trinajstić information content (AvgIpc) is 2.16. The lowest BCUT2D eigenvalue weighted by molar-refractivity contribution is -0.137. The molecule has 0 aromatic rings. The van der Waals surface area contributed by atoms with E-state index in [1.54, 1.807) is 6.92 Å². The first-order valence-electron chi connectivity index (χ1n) is 4.64. The lowest BCUT2D eigenvalue weighted by Crippen LogP contribution is -2.30. The number of nitrogens with zero attached hydrogens (tertiary/aromatic N) is 1. The minimum absolute atomic E-state index is 0.0303. The first kappa shape index (κ1) is 13.4. The molecule has 0 aliphatic heterocycles. The first-order chi connectivity index (χ1) is 7.11. The third-order valence-electron chi connectivity index (χ3n) is 1.61. The molecule has 0 aliphatic rings. The fourth-order valence-electron chi connectivity index (χ4n) is 0.888. The van der Waals surface area contributed by atoms with E-state index in [-0.39, 0.29) is 19.0 Å². The van der Waals surface area contributed by atoms with Crippen molar-refractivity contribution >= 4 is 18.2 Å². The second kappa shape index (κ2) is 7.73. The summed E-state index contributed by atoms with van der Waals surface area (Å²) < 4.78 is 4.65. The number of ether oxygens (including phenoxy) is 1. The fraction of sp³-hybridized carbons (Fsp3) is 0.500. The van der Waals surface area contributed by atoms with E-state index in [1.807, 2.05) is 0 Å². The molecular weight excluding hydrogens is 198 g/mol. The molecule has 0 saturated carbocycles. The summed E-state index contributed by atoms with van der Waals surface area (Å²) in [7, 11) is 0. The Kier molecular flexibility index (Phi) is 6.88. The molecule has 15 heavy (non-hydrogen) atoms. The molecule has 5 nitrogen and oxygen atoms in total. The van der Waals surface area contributed by atoms with Gasteiger partial charge in [-0.2, -0.15) is 0 Å². The van der Waals surface area contributed by atoms with Crippen molar-refractivity contribution in [2.75, 3.05) is 19.7 Å². The maximum Gasteiger partial charge on any atom is 0.330 e. The van der Waals surface area contributed by atoms with Crippen LogP contribution in [0.3, 0.4) is 0 Å². The highest BCUT2D eigenvalue weighted by Gasteiger charge is 2.04. The number of rotatable bonds is 6. The van der Waals surface area contributed by atoms with Crippen molar-refractivity contribution in [2.24, 2.45) is 0 Å². The molecule has 84 valence electrons. The smallest absolute Gasteiger partial charge is 0.330 e. The van der Waals surface area contributed by atoms with Crippen LogP contribution < -0.4 is 0 Å². The summed E-state index contributed by atoms with van der Waals surface area (Å²) in [5, 5.41) is 0. The Balaban J connectivity index is 4.03. The summed E-state index contributed by atoms with van der Waals surface area (Å²) in [6.45, 7) is 3.64. The highest BCUT2D eigenvalue weighted by atomic mass is 16.5. The maximum atomic E-state index is 11.0. The molecule has 0 atom stereocenters. The predicted molar refractivity (Wildman–Crippen MR) is 54.1 cm³/mol. The Bertz CT molecular complexity index is 260. The number of esters is 1. The van der Waals surface area contributed by atoms with E-state index in [1.165, 1.54) is 24.0 Å². The summed E-state index contributed by atoms with van der Waals surface area (Å²) in [6, 6.07) is 0. The minimum Gasteiger partial charge on any atom is -0.463 e. The fourth-order valence-corrected chi connectivity index (χ4v) is 0.888. The van der Waals surface area contributed by atoms with E-state index in [4.69, 9.17) is 0 Å². The molecule has 0 fully saturated rings. The van der Waals surface area contributed by atoms with Crippen molar-refractivity contribution in [1.82, 2.24) is 4.90 Å². The van der Waals surface area contributed by atoms with Crippen molar-refractivity contribution in [3.05, 3.63) is 12.2 Å². The van der Waals surface area contributed by atoms with Gasteiger partial charge >= 0.3 is 5.97 Å². The zero-order valence-corrected chi connectivity index (χ0v) is 8.93. The molecule has 0 rings (SSSR count). The third-order valence-corrected chi connectivity index (χ3v) is 1.61. The van der Waals surface area contributed by atoms with Gasteiger partial charge in [0.15, 0.2) is 0 Å². The number of hydrogen-bond acceptors (Lipinski definition) is 4. The molecule has 0 N–H and O–H groups in total. The standard InChI is InChI=1S/C10H15NO4/c1-3-15-10(14)5-4-6-11(7-8-12)9(2)13/h4-5,8H,3,6-7H2,1-2H3/b5-4+. The molecule has 0 heterocycles. The van der Waals surface area contributed by atoms with Gasteiger partial charge in [-0.25, -0.2) is 4.79 Å². The van der Waals surface area contributed by atoms with Gasteiger partial charge in [0.1, 0.15) is 6.29 Å². The zero-order chi connectivity index (χ0) is 11.7. The first-order valence-corrected chi connectivity index (χ1v) is 4.64. The van der Waals surface area contributed by atoms with Gasteiger partial charge in [-0.1, -0.05) is 6.08 Å². The monoisotopic (exact) mass is 213 g/mol. The topological polar surface area (TPSA) is 63.7 Å². The lowest BCUT2D eigenvalue weighted by atomic mass is 10.4. The third kappa shape index (κ3) is 6.42. The van der Waals surface area contributed by atoms with Crippen molar-refractivity contribution in [3.63, 3.8) is 0 Å². The van der Waals surface area contributed by atoms with Crippen molar-refractivity contribution < 1.29 is 19.1 Å². The molecule has 0 saturated heterocycles. The van der Waals surface area contributed by atoms with Gasteiger partial charge in [0.2, 0.25) is 5.91 Å². The summed E-state index contributed by atoms with van der Waals surface area (Å²) >= 11 is 0. The van der Waals surface area contributed by atoms with E-state index >= 15 is 0 Å². The van der Waals surface area contributed by atoms with Crippen LogP contribution in [-0.4, -0.2) is 42.8 Å². The van der Waals surface area contributed by atoms with Crippen LogP contribution >= 0.6 is 0 Å². The van der Waals surface area contributed by atoms with Crippen LogP contribution in [0.4, 0.5) is 0 Å². The zero-order valence-electron chi connectivity index (χ0n) is 8.93. The number of hydrogen-bond donors (Lipinski definition) is 0. The summed E-state index contributed by atoms with van der Waals surface area (Å²) in [5.74, 6) is -0.664. The van der Waals surface area contributed by atoms with Gasteiger partial charge in [0, 0.05) is 19.5 Å². The van der Waals surface area contributed by atoms with E-state index in [0.29, 0.717) is 12.9 Å². The number of amides is 1. The molecule has 0 unspecified atom stereocenters. The lowest BCUT2D eigenvalue weighted by Gasteiger charge is -2.14. The van der Waals surface area contributed by atoms with Gasteiger partial charge in [-0.3, -0.25) is 4.79 Å². The van der Waals surface area contributed by atoms with Gasteiger partial charge in [-0.15, -0.1) is 0 Å². The van der Waals surface area contributed by atoms with Gasteiger partial charge < -0.3 is 14.4 Å². The number of carbonyl (C=O) groups excluding carboxylic acids is 3. The van der Waals surface area contributed by atoms with Crippen LogP contribution in [0.1, 0.15) is 13.8 Å². The summed E-state index contributed by atoms with van der Waals surface area (Å²) in [4.78, 5) is 33.3. The van der Waals surface area contributed by atoms with Crippen LogP contribution in [0.15, 0.2) is 12.2 Å². The Morgan fingerprint density at radius 2 is 2.00 bits per heavy atom. The second-order valence-corrected chi connectivity index (χ2v) is 2.75. The number of aldehydes is 1. The Labute approximate surface area is 88.7 Å². The van der Waals surface area contributed by atoms with Crippen LogP contribution in [0.2, 0.25) is 0 Å². The SMILES string of the molecule is CCOC(=O)/C=C/CN(CC=O)C(C)=O. The van der Waals surface area contributed by atoms with Gasteiger partial charge in [-0.05, 0) is 6.92 Å². The quantitative estimate of drug-likeness (QED) is 0.358. The minimum atomic E-state index is -0.452. The molecular formula is C10H15NO4. The number of carbonyl (C=O) groups is 3. The Hall–Kier alpha value is -1.65. The molecule has 0 radical (unpaired) electrons. The predicted octanol–water partition coefficient (Wildman–Crippen LogP) is 0.153. The van der Waals surface area contributed by atoms with Crippen LogP contribution in [0.25, 0.3) is 0 Å². The molecule has 0 bridgehead atoms. The maximum absolute atomic E-state index is 11.0. The van der Waals surface area contributed by atoms with E-state index in [2.05, 4.69) is 4.74 Å². The van der Waals surface area contributed by atoms with Crippen LogP contribution in [-0.2, 0) is 19.1 Å². The molecule has 0 aromatic heterocycles. The van der Waals surface area contributed by atoms with E-state index in [0.717, 1.165) is 0 Å². The van der Waals surface area contributed by atoms with Gasteiger partial charge in [0.05, 0.1) is 13.2 Å². The molecule has 0 spiro atoms. The van der Waals surface area contributed by atoms with E-state index < -0.39 is 5.97 Å². The molecule has 0 aliphatic carbocycles. The highest BCUT2D eigenvalue weighted by molar-refractivity contribution is 5.82. The van der Waals surface area contributed by atoms with Crippen LogP contribution in [0, 0.1) is 0 Å². The second-order valence-electron chi connectivity index (χ2n) is 2.75. The highest BCUT2D eigenvalue weighted by Crippen LogP contribution is 1.89. The molecule has 5 heteroatoms. The Morgan fingerprint density at radius 3 is 2.47 bits per heavy atom. The summed E-state index contributed by atoms with van der Waals surface area (Å²) in [6.07, 6.45) is 3.37. The largest absolute Gasteiger partial charge is 0.463 e. The normalized spacial score (nSPS) is 10.0. The van der Waals surface area contributed by atoms with E-state index in [9.17, 15) is 14.4 Å². The average molecular weight is 213 g/mol. The molecule has 1 amide bonds. The molecule has 0 aromatic carbocycles. The van der Waals surface area contributed by atoms with Crippen molar-refractivity contribution in [2.45, 2.75) is 13.8 Å². The van der Waals surface area contributed by atoms with Gasteiger partial charge in [0.25, 0.3) is 0 Å². The van der Waals surface area contributed by atoms with Crippen molar-refractivity contribution in [1.29, 1.82) is 0 Å².